The fourth-order valence-corrected chi connectivity index (χ4v) is 13.7. The number of aliphatic hydroxyl groups excluding tert-OH is 1. The Morgan fingerprint density at radius 3 is 1.61 bits per heavy atom. The number of esters is 1. The van der Waals surface area contributed by atoms with Crippen molar-refractivity contribution in [1.29, 1.82) is 0 Å². The summed E-state index contributed by atoms with van der Waals surface area (Å²) < 4.78 is 108. The highest BCUT2D eigenvalue weighted by molar-refractivity contribution is 7.48. The predicted molar refractivity (Wildman–Crippen MR) is 386 cm³/mol. The average Bonchev–Trinajstić information content (AvgIpc) is 0.754. The van der Waals surface area contributed by atoms with E-state index in [2.05, 4.69) is 64.9 Å². The summed E-state index contributed by atoms with van der Waals surface area (Å²) in [5.74, 6) is -1.13. The number of ether oxygens (including phenoxy) is 9. The van der Waals surface area contributed by atoms with Gasteiger partial charge in [0.15, 0.2) is 12.6 Å². The normalized spacial score (nSPS) is 23.5. The number of rotatable bonds is 68. The van der Waals surface area contributed by atoms with Crippen LogP contribution in [0.3, 0.4) is 0 Å². The van der Waals surface area contributed by atoms with Crippen LogP contribution in [0.4, 0.5) is 0 Å². The van der Waals surface area contributed by atoms with Gasteiger partial charge in [-0.15, -0.1) is 13.2 Å². The second-order valence-electron chi connectivity index (χ2n) is 26.5. The Balaban J connectivity index is 2.71. The van der Waals surface area contributed by atoms with Gasteiger partial charge in [-0.25, -0.2) is 9.36 Å². The molecule has 0 saturated carbocycles. The van der Waals surface area contributed by atoms with Crippen molar-refractivity contribution in [2.75, 3.05) is 67.1 Å². The van der Waals surface area contributed by atoms with Crippen molar-refractivity contribution in [3.63, 3.8) is 0 Å². The van der Waals surface area contributed by atoms with Crippen molar-refractivity contribution in [2.45, 2.75) is 364 Å². The summed E-state index contributed by atoms with van der Waals surface area (Å²) in [6.07, 6.45) is 35.9. The second-order valence-corrected chi connectivity index (χ2v) is 28.1. The van der Waals surface area contributed by atoms with Gasteiger partial charge in [0.25, 0.3) is 0 Å². The summed E-state index contributed by atoms with van der Waals surface area (Å²) in [5, 5.41) is 29.1. The highest BCUT2D eigenvalue weighted by Crippen LogP contribution is 2.53. The minimum Gasteiger partial charge on any atom is -0.460 e. The van der Waals surface area contributed by atoms with E-state index in [1.54, 1.807) is 7.11 Å². The zero-order chi connectivity index (χ0) is 71.8. The van der Waals surface area contributed by atoms with Crippen molar-refractivity contribution in [3.8, 4) is 0 Å². The monoisotopic (exact) mass is 1390 g/mol. The number of aliphatic hydroxyl groups is 2. The van der Waals surface area contributed by atoms with Crippen LogP contribution in [0.1, 0.15) is 300 Å². The molecule has 2 rings (SSSR count). The number of phosphoric ester groups is 1. The second kappa shape index (κ2) is 60.2. The van der Waals surface area contributed by atoms with Gasteiger partial charge in [0.2, 0.25) is 5.91 Å². The molecule has 2 aliphatic rings. The van der Waals surface area contributed by atoms with Gasteiger partial charge in [-0.05, 0) is 57.8 Å². The van der Waals surface area contributed by atoms with E-state index in [9.17, 15) is 27.1 Å². The molecule has 0 bridgehead atoms. The lowest BCUT2D eigenvalue weighted by atomic mass is 9.82. The molecule has 3 unspecified atom stereocenters. The third-order valence-electron chi connectivity index (χ3n) is 18.0. The van der Waals surface area contributed by atoms with Gasteiger partial charge in [-0.1, -0.05) is 270 Å². The molecule has 2 fully saturated rings. The number of carbonyl (C=O) groups is 2. The Bertz CT molecular complexity index is 2030. The van der Waals surface area contributed by atoms with Gasteiger partial charge in [-0.2, -0.15) is 0 Å². The molecule has 0 aromatic rings. The molecule has 0 spiro atoms. The number of allylic oxidation sites excluding steroid dienone is 2. The van der Waals surface area contributed by atoms with E-state index in [0.29, 0.717) is 25.7 Å². The molecule has 1 amide bonds. The first-order valence-corrected chi connectivity index (χ1v) is 39.7. The molecular weight excluding hydrogens is 1240 g/mol. The minimum absolute atomic E-state index is 0.0917. The molecule has 2 saturated heterocycles. The molecule has 0 aliphatic carbocycles. The highest BCUT2D eigenvalue weighted by Gasteiger charge is 2.58. The lowest BCUT2D eigenvalue weighted by Crippen LogP contribution is -2.69. The van der Waals surface area contributed by atoms with Crippen molar-refractivity contribution < 1.29 is 83.3 Å². The van der Waals surface area contributed by atoms with E-state index < -0.39 is 101 Å². The van der Waals surface area contributed by atoms with Gasteiger partial charge in [0, 0.05) is 35.2 Å². The Kier molecular flexibility index (Phi) is 54.0. The van der Waals surface area contributed by atoms with Crippen LogP contribution in [0.5, 0.6) is 0 Å². The van der Waals surface area contributed by atoms with Crippen molar-refractivity contribution in [2.24, 2.45) is 0 Å². The standard InChI is InChI=1S/C77H142NO17P/c1-10-17-21-25-28-31-34-35-36-37-38-39-42-46-50-54-68(79)78-70-73(87-61-55-65(85-9)53-49-45-24-20-13-4)72(95-96(83,91-58-15-6)92-59-16-7)67(62-84-8)93-75(70)89-63-66-71(81)74(88-60-52-48-44-41-33-30-27-23-19-12-3)77(82,76(94-66)90-64-69(80)86-57-14-5)56-51-47-43-40-32-29-26-22-18-11-2/h14-16,31,34,65-67,70-76,81-82H,5-7,10-13,17-30,32-33,35-64H2,1-4,8-9H3,(H,78,79)/b34-31+/t65-,66-,67-,70-,71-,72-,73-,74+,75-,76?,77-/m1/s1/i56D,60D/t56?,60?,65-,66-,67-,70-,71-,72-,73-,74+,75-,76?,77-. The van der Waals surface area contributed by atoms with Gasteiger partial charge >= 0.3 is 13.8 Å². The molecule has 96 heavy (non-hydrogen) atoms. The lowest BCUT2D eigenvalue weighted by molar-refractivity contribution is -0.356. The van der Waals surface area contributed by atoms with Crippen LogP contribution in [-0.2, 0) is 70.4 Å². The van der Waals surface area contributed by atoms with Gasteiger partial charge in [-0.3, -0.25) is 18.4 Å². The van der Waals surface area contributed by atoms with E-state index in [4.69, 9.17) is 56.2 Å². The van der Waals surface area contributed by atoms with Crippen molar-refractivity contribution >= 4 is 19.7 Å². The molecule has 0 radical (unpaired) electrons. The SMILES string of the molecule is [2H]C(CCCCCCCCCCC)O[C@H]1[C@H](O)[C@@H](CO[C@@H]2O[C@H](COC)[C@@H](OP(=O)(OCC=C)OCC=C)[C@H](OCC[C@@H](CCCCCCC)OC)[C@H]2NC(=O)CCCCCCCCC/C=C/CCCCCC)OC(OCC(=O)OCC=C)[C@@]1(O)C([2H])CCCCCCCCCCC. The highest BCUT2D eigenvalue weighted by atomic mass is 31.2. The van der Waals surface area contributed by atoms with Crippen LogP contribution in [0.2, 0.25) is 0 Å². The number of amides is 1. The van der Waals surface area contributed by atoms with Crippen molar-refractivity contribution in [1.82, 2.24) is 5.32 Å². The third kappa shape index (κ3) is 40.9. The topological polar surface area (TPSA) is 214 Å². The number of hydrogen-bond donors (Lipinski definition) is 3. The van der Waals surface area contributed by atoms with Gasteiger partial charge < -0.3 is 58.2 Å². The average molecular weight is 1390 g/mol. The molecular formula is C77H142NO17P. The number of nitrogens with one attached hydrogen (secondary N) is 1. The first kappa shape index (κ1) is 86.0. The molecule has 13 atom stereocenters. The summed E-state index contributed by atoms with van der Waals surface area (Å²) in [5.41, 5.74) is -2.42. The number of methoxy groups -OCH3 is 2. The van der Waals surface area contributed by atoms with Gasteiger partial charge in [0.1, 0.15) is 61.5 Å². The van der Waals surface area contributed by atoms with Crippen LogP contribution >= 0.6 is 7.82 Å². The molecule has 0 aromatic carbocycles. The molecule has 3 N–H and O–H groups in total. The summed E-state index contributed by atoms with van der Waals surface area (Å²) in [4.78, 5) is 27.8. The number of carbonyl (C=O) groups excluding carboxylic acids is 2. The van der Waals surface area contributed by atoms with Crippen molar-refractivity contribution in [3.05, 3.63) is 50.1 Å². The van der Waals surface area contributed by atoms with E-state index in [-0.39, 0.29) is 64.3 Å². The van der Waals surface area contributed by atoms with E-state index in [1.807, 2.05) is 0 Å². The number of hydrogen-bond acceptors (Lipinski definition) is 17. The Morgan fingerprint density at radius 1 is 0.583 bits per heavy atom. The Morgan fingerprint density at radius 2 is 1.08 bits per heavy atom. The zero-order valence-corrected chi connectivity index (χ0v) is 62.2. The maximum absolute atomic E-state index is 14.7. The summed E-state index contributed by atoms with van der Waals surface area (Å²) in [6.45, 7) is 16.9. The van der Waals surface area contributed by atoms with Crippen LogP contribution in [0, 0.1) is 0 Å². The Labute approximate surface area is 587 Å². The fraction of sp³-hybridized carbons (Fsp3) is 0.870. The van der Waals surface area contributed by atoms with E-state index >= 15 is 0 Å². The predicted octanol–water partition coefficient (Wildman–Crippen LogP) is 18.1. The quantitative estimate of drug-likeness (QED) is 0.0223. The fourth-order valence-electron chi connectivity index (χ4n) is 12.4. The van der Waals surface area contributed by atoms with E-state index in [1.165, 1.54) is 102 Å². The summed E-state index contributed by atoms with van der Waals surface area (Å²) in [7, 11) is -1.35. The lowest BCUT2D eigenvalue weighted by Gasteiger charge is -2.50. The molecule has 19 heteroatoms. The molecule has 562 valence electrons. The van der Waals surface area contributed by atoms with Crippen LogP contribution < -0.4 is 5.32 Å². The minimum atomic E-state index is -4.49. The smallest absolute Gasteiger partial charge is 0.460 e. The van der Waals surface area contributed by atoms with Crippen LogP contribution in [-0.4, -0.2) is 156 Å². The van der Waals surface area contributed by atoms with Crippen LogP contribution in [0.25, 0.3) is 0 Å². The van der Waals surface area contributed by atoms with Crippen LogP contribution in [0.15, 0.2) is 50.1 Å². The van der Waals surface area contributed by atoms with Gasteiger partial charge in [0.05, 0.1) is 33.9 Å². The first-order valence-electron chi connectivity index (χ1n) is 39.4. The van der Waals surface area contributed by atoms with E-state index in [0.717, 1.165) is 141 Å². The summed E-state index contributed by atoms with van der Waals surface area (Å²) >= 11 is 0. The first-order chi connectivity index (χ1) is 47.7. The molecule has 2 heterocycles. The largest absolute Gasteiger partial charge is 0.475 e. The summed E-state index contributed by atoms with van der Waals surface area (Å²) in [6, 6.07) is -1.22. The zero-order valence-electron chi connectivity index (χ0n) is 63.3. The maximum atomic E-state index is 14.7. The number of unbranched alkanes of at least 4 members (excludes halogenated alkanes) is 31. The molecule has 2 aliphatic heterocycles. The number of phosphoric acid groups is 1. The molecule has 18 nitrogen and oxygen atoms in total. The maximum Gasteiger partial charge on any atom is 0.475 e. The Hall–Kier alpha value is -2.39. The molecule has 0 aromatic heterocycles. The third-order valence-corrected chi connectivity index (χ3v) is 19.5.